The Morgan fingerprint density at radius 2 is 1.89 bits per heavy atom. The lowest BCUT2D eigenvalue weighted by molar-refractivity contribution is -0.142. The number of amides is 1. The zero-order valence-corrected chi connectivity index (χ0v) is 14.8. The highest BCUT2D eigenvalue weighted by Crippen LogP contribution is 2.14. The van der Waals surface area contributed by atoms with E-state index in [9.17, 15) is 28.6 Å². The molecule has 9 heteroatoms. The minimum absolute atomic E-state index is 0.0322. The molecule has 1 aromatic heterocycles. The zero-order valence-electron chi connectivity index (χ0n) is 14.8. The van der Waals surface area contributed by atoms with E-state index in [0.29, 0.717) is 17.7 Å². The van der Waals surface area contributed by atoms with Crippen molar-refractivity contribution in [1.29, 1.82) is 0 Å². The van der Waals surface area contributed by atoms with E-state index in [1.165, 1.54) is 24.7 Å². The number of nitrogens with zero attached hydrogens (tertiary/aromatic N) is 3. The van der Waals surface area contributed by atoms with Gasteiger partial charge in [-0.3, -0.25) is 4.90 Å². The van der Waals surface area contributed by atoms with Crippen molar-refractivity contribution in [2.24, 2.45) is 0 Å². The van der Waals surface area contributed by atoms with Crippen LogP contribution in [0.3, 0.4) is 0 Å². The summed E-state index contributed by atoms with van der Waals surface area (Å²) in [5.74, 6) is -2.57. The van der Waals surface area contributed by atoms with Crippen molar-refractivity contribution in [3.63, 3.8) is 0 Å². The molecule has 146 valence electrons. The van der Waals surface area contributed by atoms with Gasteiger partial charge in [0.05, 0.1) is 6.33 Å². The molecule has 0 aliphatic heterocycles. The quantitative estimate of drug-likeness (QED) is 0.696. The monoisotopic (exact) mass is 381 g/mol. The molecule has 0 radical (unpaired) electrons. The Morgan fingerprint density at radius 3 is 2.44 bits per heavy atom. The predicted octanol–water partition coefficient (Wildman–Crippen LogP) is 2.99. The van der Waals surface area contributed by atoms with Crippen LogP contribution in [0.2, 0.25) is 0 Å². The normalized spacial score (nSPS) is 12.0. The van der Waals surface area contributed by atoms with E-state index >= 15 is 0 Å². The molecule has 2 N–H and O–H groups in total. The van der Waals surface area contributed by atoms with Crippen LogP contribution in [0.25, 0.3) is 0 Å². The highest BCUT2D eigenvalue weighted by molar-refractivity contribution is 5.79. The van der Waals surface area contributed by atoms with Crippen molar-refractivity contribution < 1.29 is 28.6 Å². The van der Waals surface area contributed by atoms with Crippen LogP contribution in [-0.2, 0) is 17.8 Å². The third kappa shape index (κ3) is 5.50. The number of hydrogen-bond donors (Lipinski definition) is 2. The van der Waals surface area contributed by atoms with Gasteiger partial charge in [-0.15, -0.1) is 0 Å². The van der Waals surface area contributed by atoms with Crippen LogP contribution < -0.4 is 0 Å². The standard InChI is InChI=1S/C18H21F2N3O4/c1-2-3-16(17(24)25)23(18(26)27)5-4-15-9-21-11-22(15)10-12-6-13(19)8-14(20)7-12/h6-9,11,16H,2-5,10H2,1H3,(H,24,25)(H,26,27). The molecular formula is C18H21F2N3O4. The Morgan fingerprint density at radius 1 is 1.22 bits per heavy atom. The fraction of sp³-hybridized carbons (Fsp3) is 0.389. The Balaban J connectivity index is 2.12. The van der Waals surface area contributed by atoms with E-state index in [1.54, 1.807) is 11.5 Å². The van der Waals surface area contributed by atoms with Gasteiger partial charge in [0.2, 0.25) is 0 Å². The molecule has 0 saturated carbocycles. The fourth-order valence-corrected chi connectivity index (χ4v) is 2.90. The van der Waals surface area contributed by atoms with Gasteiger partial charge in [-0.25, -0.2) is 23.4 Å². The molecule has 1 aromatic carbocycles. The third-order valence-corrected chi connectivity index (χ3v) is 4.15. The Kier molecular flexibility index (Phi) is 6.86. The van der Waals surface area contributed by atoms with Crippen molar-refractivity contribution in [3.8, 4) is 0 Å². The van der Waals surface area contributed by atoms with E-state index in [2.05, 4.69) is 4.98 Å². The first-order valence-electron chi connectivity index (χ1n) is 8.48. The maximum Gasteiger partial charge on any atom is 0.408 e. The van der Waals surface area contributed by atoms with E-state index < -0.39 is 29.7 Å². The summed E-state index contributed by atoms with van der Waals surface area (Å²) < 4.78 is 28.3. The maximum absolute atomic E-state index is 13.3. The third-order valence-electron chi connectivity index (χ3n) is 4.15. The lowest BCUT2D eigenvalue weighted by Gasteiger charge is -2.26. The topological polar surface area (TPSA) is 95.7 Å². The van der Waals surface area contributed by atoms with Crippen molar-refractivity contribution in [2.45, 2.75) is 38.8 Å². The van der Waals surface area contributed by atoms with Crippen LogP contribution in [-0.4, -0.2) is 49.3 Å². The van der Waals surface area contributed by atoms with Gasteiger partial charge in [0.25, 0.3) is 0 Å². The van der Waals surface area contributed by atoms with Gasteiger partial charge in [0, 0.05) is 37.5 Å². The lowest BCUT2D eigenvalue weighted by atomic mass is 10.1. The first-order valence-corrected chi connectivity index (χ1v) is 8.48. The molecule has 0 aliphatic carbocycles. The van der Waals surface area contributed by atoms with Crippen molar-refractivity contribution in [1.82, 2.24) is 14.5 Å². The summed E-state index contributed by atoms with van der Waals surface area (Å²) in [5.41, 5.74) is 1.03. The van der Waals surface area contributed by atoms with Gasteiger partial charge in [-0.1, -0.05) is 13.3 Å². The molecule has 0 fully saturated rings. The van der Waals surface area contributed by atoms with Crippen LogP contribution >= 0.6 is 0 Å². The minimum atomic E-state index is -1.31. The maximum atomic E-state index is 13.3. The van der Waals surface area contributed by atoms with E-state index in [1.807, 2.05) is 0 Å². The highest BCUT2D eigenvalue weighted by atomic mass is 19.1. The van der Waals surface area contributed by atoms with Crippen LogP contribution in [0.4, 0.5) is 13.6 Å². The van der Waals surface area contributed by atoms with Crippen molar-refractivity contribution in [2.75, 3.05) is 6.54 Å². The summed E-state index contributed by atoms with van der Waals surface area (Å²) >= 11 is 0. The van der Waals surface area contributed by atoms with Gasteiger partial charge in [0.15, 0.2) is 0 Å². The number of aromatic nitrogens is 2. The van der Waals surface area contributed by atoms with Gasteiger partial charge in [0.1, 0.15) is 17.7 Å². The van der Waals surface area contributed by atoms with E-state index in [4.69, 9.17) is 0 Å². The second-order valence-corrected chi connectivity index (χ2v) is 6.16. The van der Waals surface area contributed by atoms with Gasteiger partial charge >= 0.3 is 12.1 Å². The number of hydrogen-bond acceptors (Lipinski definition) is 3. The number of imidazole rings is 1. The largest absolute Gasteiger partial charge is 0.480 e. The van der Waals surface area contributed by atoms with Gasteiger partial charge < -0.3 is 14.8 Å². The Hall–Kier alpha value is -2.97. The molecule has 27 heavy (non-hydrogen) atoms. The summed E-state index contributed by atoms with van der Waals surface area (Å²) in [5, 5.41) is 18.7. The van der Waals surface area contributed by atoms with Crippen molar-refractivity contribution in [3.05, 3.63) is 53.6 Å². The van der Waals surface area contributed by atoms with Crippen molar-refractivity contribution >= 4 is 12.1 Å². The summed E-state index contributed by atoms with van der Waals surface area (Å²) in [6.45, 7) is 1.91. The molecule has 2 rings (SSSR count). The molecule has 0 spiro atoms. The molecule has 0 aliphatic rings. The average Bonchev–Trinajstić information content (AvgIpc) is 2.99. The smallest absolute Gasteiger partial charge is 0.408 e. The minimum Gasteiger partial charge on any atom is -0.480 e. The number of aliphatic carboxylic acids is 1. The molecule has 7 nitrogen and oxygen atoms in total. The van der Waals surface area contributed by atoms with Crippen LogP contribution in [0.1, 0.15) is 31.0 Å². The highest BCUT2D eigenvalue weighted by Gasteiger charge is 2.28. The number of carboxylic acid groups (broad SMARTS) is 2. The fourth-order valence-electron chi connectivity index (χ4n) is 2.90. The lowest BCUT2D eigenvalue weighted by Crippen LogP contribution is -2.45. The summed E-state index contributed by atoms with van der Waals surface area (Å²) in [6.07, 6.45) is 2.65. The zero-order chi connectivity index (χ0) is 20.0. The second-order valence-electron chi connectivity index (χ2n) is 6.16. The van der Waals surface area contributed by atoms with Crippen LogP contribution in [0, 0.1) is 11.6 Å². The molecule has 0 bridgehead atoms. The van der Waals surface area contributed by atoms with Gasteiger partial charge in [-0.05, 0) is 24.1 Å². The molecular weight excluding hydrogens is 360 g/mol. The SMILES string of the molecule is CCCC(C(=O)O)N(CCc1cncn1Cc1cc(F)cc(F)c1)C(=O)O. The molecule has 1 heterocycles. The Bertz CT molecular complexity index is 789. The molecule has 1 amide bonds. The van der Waals surface area contributed by atoms with Crippen LogP contribution in [0.5, 0.6) is 0 Å². The first kappa shape index (κ1) is 20.3. The number of halogens is 2. The number of benzene rings is 1. The number of rotatable bonds is 9. The summed E-state index contributed by atoms with van der Waals surface area (Å²) in [6, 6.07) is 2.07. The van der Waals surface area contributed by atoms with Gasteiger partial charge in [-0.2, -0.15) is 0 Å². The van der Waals surface area contributed by atoms with Crippen LogP contribution in [0.15, 0.2) is 30.7 Å². The number of carboxylic acids is 1. The molecule has 2 aromatic rings. The van der Waals surface area contributed by atoms with E-state index in [-0.39, 0.29) is 25.9 Å². The Labute approximate surface area is 154 Å². The average molecular weight is 381 g/mol. The predicted molar refractivity (Wildman–Crippen MR) is 92.5 cm³/mol. The molecule has 1 atom stereocenters. The summed E-state index contributed by atoms with van der Waals surface area (Å²) in [7, 11) is 0. The summed E-state index contributed by atoms with van der Waals surface area (Å²) in [4.78, 5) is 27.8. The number of carbonyl (C=O) groups is 2. The molecule has 0 saturated heterocycles. The second kappa shape index (κ2) is 9.11. The first-order chi connectivity index (χ1) is 12.8. The molecule has 1 unspecified atom stereocenters. The van der Waals surface area contributed by atoms with E-state index in [0.717, 1.165) is 11.0 Å².